The molecule has 3 aliphatic heterocycles. The van der Waals surface area contributed by atoms with Crippen LogP contribution in [0.25, 0.3) is 44.7 Å². The largest absolute Gasteiger partial charge is 0.470 e. The molecule has 0 radical (unpaired) electrons. The Kier molecular flexibility index (Phi) is 5.39. The summed E-state index contributed by atoms with van der Waals surface area (Å²) in [5.74, 6) is 2.98. The number of fused-ring (bicyclic) bond motifs is 5. The van der Waals surface area contributed by atoms with Crippen molar-refractivity contribution >= 4 is 19.0 Å². The predicted octanol–water partition coefficient (Wildman–Crippen LogP) is 6.32. The van der Waals surface area contributed by atoms with Crippen LogP contribution in [0.1, 0.15) is 49.7 Å². The molecule has 3 atom stereocenters. The van der Waals surface area contributed by atoms with Gasteiger partial charge in [0.05, 0.1) is 55.1 Å². The molecule has 2 fully saturated rings. The maximum absolute atomic E-state index is 6.49. The topological polar surface area (TPSA) is 95.6 Å². The van der Waals surface area contributed by atoms with Crippen molar-refractivity contribution in [1.82, 2.24) is 35.1 Å². The molecule has 9 heteroatoms. The SMILES string of the molecule is CC1Oc2cc(-c3cnc(C4C[Si](C)(C)CN4)[nH]3)ccc2-c2cc3cc(-c4cnc(C5CCCN5)[nH]4)ccc3n21. The Bertz CT molecular complexity index is 1740. The van der Waals surface area contributed by atoms with E-state index in [1.54, 1.807) is 0 Å². The highest BCUT2D eigenvalue weighted by atomic mass is 28.3. The molecule has 204 valence electrons. The standard InChI is InChI=1S/C31H35N7OSi/c1-18-38-27-9-7-19(24-14-33-30(36-24)23-5-4-10-32-23)11-21(27)12-28(38)22-8-6-20(13-29(22)39-18)25-15-34-31(37-25)26-16-40(2,3)17-35-26/h6-9,11-15,18,23,26,32,35H,4-5,10,16-17H2,1-3H3,(H,33,36)(H,34,37). The number of aromatic nitrogens is 5. The van der Waals surface area contributed by atoms with Crippen LogP contribution in [0.3, 0.4) is 0 Å². The van der Waals surface area contributed by atoms with Gasteiger partial charge in [0.2, 0.25) is 0 Å². The Hall–Kier alpha value is -3.66. The van der Waals surface area contributed by atoms with E-state index >= 15 is 0 Å². The molecule has 0 bridgehead atoms. The molecule has 0 spiro atoms. The Labute approximate surface area is 234 Å². The Morgan fingerprint density at radius 2 is 1.65 bits per heavy atom. The summed E-state index contributed by atoms with van der Waals surface area (Å²) in [7, 11) is -1.16. The summed E-state index contributed by atoms with van der Waals surface area (Å²) in [6.07, 6.45) is 7.29. The zero-order valence-corrected chi connectivity index (χ0v) is 24.2. The van der Waals surface area contributed by atoms with Gasteiger partial charge in [-0.2, -0.15) is 0 Å². The summed E-state index contributed by atoms with van der Waals surface area (Å²) in [5, 5.41) is 8.39. The van der Waals surface area contributed by atoms with Crippen LogP contribution in [0.5, 0.6) is 5.75 Å². The number of H-pyrrole nitrogens is 2. The lowest BCUT2D eigenvalue weighted by Crippen LogP contribution is -2.28. The summed E-state index contributed by atoms with van der Waals surface area (Å²) < 4.78 is 8.79. The number of hydrogen-bond donors (Lipinski definition) is 4. The van der Waals surface area contributed by atoms with Gasteiger partial charge in [-0.1, -0.05) is 25.2 Å². The summed E-state index contributed by atoms with van der Waals surface area (Å²) in [6.45, 7) is 8.06. The molecule has 3 aromatic heterocycles. The number of nitrogens with zero attached hydrogens (tertiary/aromatic N) is 3. The quantitative estimate of drug-likeness (QED) is 0.197. The molecule has 4 N–H and O–H groups in total. The van der Waals surface area contributed by atoms with Crippen molar-refractivity contribution < 1.29 is 4.74 Å². The van der Waals surface area contributed by atoms with E-state index in [2.05, 4.69) is 92.6 Å². The summed E-state index contributed by atoms with van der Waals surface area (Å²) in [5.41, 5.74) is 7.80. The highest BCUT2D eigenvalue weighted by Crippen LogP contribution is 2.44. The predicted molar refractivity (Wildman–Crippen MR) is 161 cm³/mol. The minimum absolute atomic E-state index is 0.111. The lowest BCUT2D eigenvalue weighted by atomic mass is 10.0. The molecule has 3 aliphatic rings. The zero-order valence-electron chi connectivity index (χ0n) is 23.2. The second kappa shape index (κ2) is 8.92. The van der Waals surface area contributed by atoms with Crippen molar-refractivity contribution in [2.75, 3.05) is 12.7 Å². The van der Waals surface area contributed by atoms with Gasteiger partial charge in [0.1, 0.15) is 17.4 Å². The number of hydrogen-bond acceptors (Lipinski definition) is 5. The highest BCUT2D eigenvalue weighted by Gasteiger charge is 2.34. The minimum atomic E-state index is -1.16. The maximum Gasteiger partial charge on any atom is 0.173 e. The van der Waals surface area contributed by atoms with Gasteiger partial charge in [0.25, 0.3) is 0 Å². The Morgan fingerprint density at radius 3 is 2.38 bits per heavy atom. The summed E-state index contributed by atoms with van der Waals surface area (Å²) in [4.78, 5) is 16.5. The number of benzene rings is 2. The molecule has 5 aromatic rings. The van der Waals surface area contributed by atoms with Gasteiger partial charge in [-0.3, -0.25) is 0 Å². The first-order valence-corrected chi connectivity index (χ1v) is 17.9. The van der Waals surface area contributed by atoms with Gasteiger partial charge < -0.3 is 29.9 Å². The van der Waals surface area contributed by atoms with Crippen molar-refractivity contribution in [2.45, 2.75) is 57.2 Å². The Balaban J connectivity index is 1.11. The average Bonchev–Trinajstić information content (AvgIpc) is 3.76. The van der Waals surface area contributed by atoms with E-state index in [1.807, 2.05) is 12.4 Å². The van der Waals surface area contributed by atoms with Crippen molar-refractivity contribution in [3.63, 3.8) is 0 Å². The fraction of sp³-hybridized carbons (Fsp3) is 0.355. The number of ether oxygens (including phenoxy) is 1. The van der Waals surface area contributed by atoms with Crippen LogP contribution in [-0.4, -0.2) is 45.3 Å². The number of imidazole rings is 2. The van der Waals surface area contributed by atoms with E-state index in [0.717, 1.165) is 64.6 Å². The first-order chi connectivity index (χ1) is 19.4. The molecule has 8 rings (SSSR count). The molecule has 40 heavy (non-hydrogen) atoms. The molecule has 0 amide bonds. The molecule has 2 saturated heterocycles. The van der Waals surface area contributed by atoms with Crippen LogP contribution in [0.2, 0.25) is 19.1 Å². The molecule has 0 saturated carbocycles. The van der Waals surface area contributed by atoms with Crippen LogP contribution >= 0.6 is 0 Å². The van der Waals surface area contributed by atoms with Gasteiger partial charge in [-0.15, -0.1) is 0 Å². The molecule has 0 aliphatic carbocycles. The first kappa shape index (κ1) is 24.2. The van der Waals surface area contributed by atoms with Gasteiger partial charge >= 0.3 is 0 Å². The molecular formula is C31H35N7OSi. The van der Waals surface area contributed by atoms with Crippen molar-refractivity contribution in [3.8, 4) is 39.5 Å². The smallest absolute Gasteiger partial charge is 0.173 e. The first-order valence-electron chi connectivity index (χ1n) is 14.5. The van der Waals surface area contributed by atoms with Crippen LogP contribution in [-0.2, 0) is 0 Å². The van der Waals surface area contributed by atoms with Crippen LogP contribution in [0.4, 0.5) is 0 Å². The third-order valence-electron chi connectivity index (χ3n) is 8.87. The van der Waals surface area contributed by atoms with Crippen LogP contribution in [0.15, 0.2) is 54.9 Å². The molecular weight excluding hydrogens is 514 g/mol. The zero-order chi connectivity index (χ0) is 27.0. The number of rotatable bonds is 4. The maximum atomic E-state index is 6.49. The van der Waals surface area contributed by atoms with E-state index in [4.69, 9.17) is 9.72 Å². The lowest BCUT2D eigenvalue weighted by molar-refractivity contribution is 0.152. The van der Waals surface area contributed by atoms with Crippen molar-refractivity contribution in [1.29, 1.82) is 0 Å². The second-order valence-corrected chi connectivity index (χ2v) is 17.5. The van der Waals surface area contributed by atoms with Crippen molar-refractivity contribution in [3.05, 3.63) is 66.5 Å². The van der Waals surface area contributed by atoms with E-state index in [0.29, 0.717) is 12.1 Å². The van der Waals surface area contributed by atoms with E-state index in [-0.39, 0.29) is 6.23 Å². The highest BCUT2D eigenvalue weighted by molar-refractivity contribution is 6.78. The van der Waals surface area contributed by atoms with E-state index < -0.39 is 8.07 Å². The lowest BCUT2D eigenvalue weighted by Gasteiger charge is -2.27. The molecule has 2 aromatic carbocycles. The van der Waals surface area contributed by atoms with Gasteiger partial charge in [-0.05, 0) is 68.9 Å². The normalized spacial score (nSPS) is 23.3. The van der Waals surface area contributed by atoms with Crippen molar-refractivity contribution in [2.24, 2.45) is 0 Å². The molecule has 3 unspecified atom stereocenters. The third kappa shape index (κ3) is 3.95. The summed E-state index contributed by atoms with van der Waals surface area (Å²) in [6, 6.07) is 17.3. The van der Waals surface area contributed by atoms with E-state index in [9.17, 15) is 0 Å². The Morgan fingerprint density at radius 1 is 0.900 bits per heavy atom. The van der Waals surface area contributed by atoms with Gasteiger partial charge in [0.15, 0.2) is 6.23 Å². The van der Waals surface area contributed by atoms with Gasteiger partial charge in [-0.25, -0.2) is 9.97 Å². The molecule has 6 heterocycles. The third-order valence-corrected chi connectivity index (χ3v) is 11.5. The number of aromatic amines is 2. The number of nitrogens with one attached hydrogen (secondary N) is 4. The average molecular weight is 550 g/mol. The second-order valence-electron chi connectivity index (χ2n) is 12.4. The van der Waals surface area contributed by atoms with Gasteiger partial charge in [0, 0.05) is 22.1 Å². The fourth-order valence-electron chi connectivity index (χ4n) is 6.77. The van der Waals surface area contributed by atoms with E-state index in [1.165, 1.54) is 29.1 Å². The monoisotopic (exact) mass is 549 g/mol. The van der Waals surface area contributed by atoms with Crippen LogP contribution < -0.4 is 15.4 Å². The summed E-state index contributed by atoms with van der Waals surface area (Å²) >= 11 is 0. The molecule has 8 nitrogen and oxygen atoms in total. The minimum Gasteiger partial charge on any atom is -0.470 e. The van der Waals surface area contributed by atoms with Crippen LogP contribution in [0, 0.1) is 0 Å². The fourth-order valence-corrected chi connectivity index (χ4v) is 9.15.